The molecule has 0 amide bonds. The van der Waals surface area contributed by atoms with Gasteiger partial charge in [-0.3, -0.25) is 0 Å². The van der Waals surface area contributed by atoms with Crippen LogP contribution in [-0.4, -0.2) is 31.3 Å². The van der Waals surface area contributed by atoms with E-state index in [1.54, 1.807) is 23.1 Å². The molecule has 2 aromatic rings. The Hall–Kier alpha value is -1.69. The van der Waals surface area contributed by atoms with E-state index in [1.165, 1.54) is 0 Å². The normalized spacial score (nSPS) is 13.2. The first kappa shape index (κ1) is 14.7. The minimum atomic E-state index is 0.149. The number of anilines is 1. The molecule has 1 atom stereocenters. The topological polar surface area (TPSA) is 68.5 Å². The summed E-state index contributed by atoms with van der Waals surface area (Å²) >= 11 is 5.93. The van der Waals surface area contributed by atoms with E-state index in [2.05, 4.69) is 53.1 Å². The van der Waals surface area contributed by atoms with Gasteiger partial charge in [0.2, 0.25) is 11.2 Å². The lowest BCUT2D eigenvalue weighted by Gasteiger charge is -2.27. The molecule has 0 aromatic carbocycles. The number of hydrogen-bond acceptors (Lipinski definition) is 5. The molecule has 0 saturated heterocycles. The van der Waals surface area contributed by atoms with E-state index < -0.39 is 0 Å². The third kappa shape index (κ3) is 3.66. The van der Waals surface area contributed by atoms with Crippen LogP contribution in [0.3, 0.4) is 0 Å². The summed E-state index contributed by atoms with van der Waals surface area (Å²) in [6.45, 7) is 9.56. The smallest absolute Gasteiger partial charge is 0.256 e. The molecule has 2 aromatic heterocycles. The van der Waals surface area contributed by atoms with Crippen molar-refractivity contribution in [3.63, 3.8) is 0 Å². The van der Waals surface area contributed by atoms with Crippen LogP contribution in [0.4, 0.5) is 5.95 Å². The summed E-state index contributed by atoms with van der Waals surface area (Å²) in [6, 6.07) is 1.80. The van der Waals surface area contributed by atoms with Gasteiger partial charge in [0.15, 0.2) is 0 Å². The van der Waals surface area contributed by atoms with Gasteiger partial charge in [-0.05, 0) is 29.0 Å². The van der Waals surface area contributed by atoms with Crippen molar-refractivity contribution in [2.45, 2.75) is 27.7 Å². The van der Waals surface area contributed by atoms with Crippen molar-refractivity contribution in [1.29, 1.82) is 0 Å². The van der Waals surface area contributed by atoms with Crippen LogP contribution in [0.15, 0.2) is 18.5 Å². The van der Waals surface area contributed by atoms with Crippen LogP contribution in [0.25, 0.3) is 5.95 Å². The molecule has 0 saturated carbocycles. The molecule has 0 bridgehead atoms. The maximum Gasteiger partial charge on any atom is 0.256 e. The number of nitrogens with zero attached hydrogens (tertiary/aromatic N) is 5. The largest absolute Gasteiger partial charge is 0.354 e. The van der Waals surface area contributed by atoms with Crippen molar-refractivity contribution in [1.82, 2.24) is 24.7 Å². The molecule has 0 aliphatic carbocycles. The highest BCUT2D eigenvalue weighted by molar-refractivity contribution is 6.28. The summed E-state index contributed by atoms with van der Waals surface area (Å²) in [7, 11) is 0. The Bertz CT molecular complexity index is 561. The van der Waals surface area contributed by atoms with Gasteiger partial charge in [0.1, 0.15) is 0 Å². The molecule has 1 unspecified atom stereocenters. The van der Waals surface area contributed by atoms with Crippen molar-refractivity contribution in [3.05, 3.63) is 23.7 Å². The van der Waals surface area contributed by atoms with E-state index in [0.717, 1.165) is 6.54 Å². The van der Waals surface area contributed by atoms with Crippen LogP contribution < -0.4 is 5.32 Å². The number of rotatable bonds is 4. The Balaban J connectivity index is 2.13. The van der Waals surface area contributed by atoms with Gasteiger partial charge >= 0.3 is 0 Å². The van der Waals surface area contributed by atoms with Crippen molar-refractivity contribution in [2.75, 3.05) is 11.9 Å². The molecule has 20 heavy (non-hydrogen) atoms. The minimum Gasteiger partial charge on any atom is -0.354 e. The quantitative estimate of drug-likeness (QED) is 0.939. The summed E-state index contributed by atoms with van der Waals surface area (Å²) in [5.41, 5.74) is 0.217. The summed E-state index contributed by atoms with van der Waals surface area (Å²) in [5.74, 6) is 1.33. The zero-order chi connectivity index (χ0) is 14.8. The van der Waals surface area contributed by atoms with E-state index in [0.29, 0.717) is 17.8 Å². The lowest BCUT2D eigenvalue weighted by Crippen LogP contribution is -2.25. The zero-order valence-electron chi connectivity index (χ0n) is 12.1. The Morgan fingerprint density at radius 2 is 2.05 bits per heavy atom. The molecular weight excluding hydrogens is 276 g/mol. The van der Waals surface area contributed by atoms with Gasteiger partial charge in [0, 0.05) is 18.9 Å². The van der Waals surface area contributed by atoms with Crippen LogP contribution in [0.2, 0.25) is 5.28 Å². The lowest BCUT2D eigenvalue weighted by atomic mass is 9.82. The van der Waals surface area contributed by atoms with Gasteiger partial charge in [-0.25, -0.2) is 4.68 Å². The number of halogens is 1. The van der Waals surface area contributed by atoms with Gasteiger partial charge in [0.05, 0.1) is 0 Å². The maximum atomic E-state index is 5.93. The summed E-state index contributed by atoms with van der Waals surface area (Å²) in [6.07, 6.45) is 3.42. The molecule has 0 spiro atoms. The van der Waals surface area contributed by atoms with Crippen molar-refractivity contribution < 1.29 is 0 Å². The second-order valence-corrected chi connectivity index (χ2v) is 6.16. The highest BCUT2D eigenvalue weighted by Crippen LogP contribution is 2.25. The molecule has 7 heteroatoms. The van der Waals surface area contributed by atoms with Gasteiger partial charge < -0.3 is 5.32 Å². The molecule has 0 aliphatic rings. The fraction of sp³-hybridized carbons (Fsp3) is 0.538. The molecule has 108 valence electrons. The number of aromatic nitrogens is 5. The van der Waals surface area contributed by atoms with E-state index in [9.17, 15) is 0 Å². The second kappa shape index (κ2) is 5.75. The van der Waals surface area contributed by atoms with Crippen LogP contribution in [-0.2, 0) is 0 Å². The monoisotopic (exact) mass is 294 g/mol. The maximum absolute atomic E-state index is 5.93. The molecule has 6 nitrogen and oxygen atoms in total. The predicted octanol–water partition coefficient (Wildman–Crippen LogP) is 2.80. The summed E-state index contributed by atoms with van der Waals surface area (Å²) < 4.78 is 1.55. The first-order chi connectivity index (χ1) is 9.36. The van der Waals surface area contributed by atoms with E-state index in [4.69, 9.17) is 11.6 Å². The van der Waals surface area contributed by atoms with Crippen molar-refractivity contribution in [2.24, 2.45) is 11.3 Å². The second-order valence-electron chi connectivity index (χ2n) is 5.83. The predicted molar refractivity (Wildman–Crippen MR) is 79.1 cm³/mol. The van der Waals surface area contributed by atoms with Gasteiger partial charge in [0.25, 0.3) is 5.95 Å². The average molecular weight is 295 g/mol. The standard InChI is InChI=1S/C13H19ClN6/c1-9(13(2,3)4)8-15-11-17-10(14)18-12(19-11)20-7-5-6-16-20/h5-7,9H,8H2,1-4H3,(H,15,17,18,19). The molecule has 1 N–H and O–H groups in total. The Kier molecular flexibility index (Phi) is 4.23. The third-order valence-electron chi connectivity index (χ3n) is 3.35. The van der Waals surface area contributed by atoms with Crippen molar-refractivity contribution >= 4 is 17.5 Å². The zero-order valence-corrected chi connectivity index (χ0v) is 12.9. The molecule has 0 fully saturated rings. The summed E-state index contributed by atoms with van der Waals surface area (Å²) in [4.78, 5) is 12.5. The Morgan fingerprint density at radius 1 is 1.30 bits per heavy atom. The lowest BCUT2D eigenvalue weighted by molar-refractivity contribution is 0.274. The number of hydrogen-bond donors (Lipinski definition) is 1. The molecule has 0 radical (unpaired) electrons. The first-order valence-corrected chi connectivity index (χ1v) is 6.89. The number of nitrogens with one attached hydrogen (secondary N) is 1. The van der Waals surface area contributed by atoms with E-state index in [-0.39, 0.29) is 10.7 Å². The highest BCUT2D eigenvalue weighted by atomic mass is 35.5. The average Bonchev–Trinajstić information content (AvgIpc) is 2.88. The van der Waals surface area contributed by atoms with Crippen LogP contribution in [0.1, 0.15) is 27.7 Å². The van der Waals surface area contributed by atoms with E-state index >= 15 is 0 Å². The first-order valence-electron chi connectivity index (χ1n) is 6.52. The van der Waals surface area contributed by atoms with Crippen LogP contribution in [0, 0.1) is 11.3 Å². The molecular formula is C13H19ClN6. The minimum absolute atomic E-state index is 0.149. The Morgan fingerprint density at radius 3 is 2.65 bits per heavy atom. The highest BCUT2D eigenvalue weighted by Gasteiger charge is 2.20. The van der Waals surface area contributed by atoms with Crippen molar-refractivity contribution in [3.8, 4) is 5.95 Å². The summed E-state index contributed by atoms with van der Waals surface area (Å²) in [5, 5.41) is 7.44. The van der Waals surface area contributed by atoms with Crippen LogP contribution in [0.5, 0.6) is 0 Å². The van der Waals surface area contributed by atoms with E-state index in [1.807, 2.05) is 0 Å². The molecule has 0 aliphatic heterocycles. The van der Waals surface area contributed by atoms with Crippen LogP contribution >= 0.6 is 11.6 Å². The fourth-order valence-corrected chi connectivity index (χ4v) is 1.61. The van der Waals surface area contributed by atoms with Gasteiger partial charge in [-0.15, -0.1) is 0 Å². The van der Waals surface area contributed by atoms with Gasteiger partial charge in [-0.2, -0.15) is 20.1 Å². The molecule has 2 rings (SSSR count). The molecule has 2 heterocycles. The van der Waals surface area contributed by atoms with Gasteiger partial charge in [-0.1, -0.05) is 27.7 Å². The fourth-order valence-electron chi connectivity index (χ4n) is 1.46. The third-order valence-corrected chi connectivity index (χ3v) is 3.52. The SMILES string of the molecule is CC(CNc1nc(Cl)nc(-n2cccn2)n1)C(C)(C)C. The Labute approximate surface area is 123 Å².